The largest absolute Gasteiger partial charge is 0.491 e. The molecule has 0 aromatic rings. The van der Waals surface area contributed by atoms with E-state index >= 15 is 0 Å². The molecular weight excluding hydrogens is 417 g/mol. The van der Waals surface area contributed by atoms with E-state index in [1.54, 1.807) is 21.3 Å². The van der Waals surface area contributed by atoms with Crippen LogP contribution in [0.2, 0.25) is 45.3 Å². The van der Waals surface area contributed by atoms with Crippen molar-refractivity contribution in [1.29, 1.82) is 0 Å². The number of ether oxygens (including phenoxy) is 1. The Balaban J connectivity index is 4.90. The third-order valence-electron chi connectivity index (χ3n) is 3.62. The average Bonchev–Trinajstić information content (AvgIpc) is 2.50. The second-order valence-corrected chi connectivity index (χ2v) is 21.9. The predicted molar refractivity (Wildman–Crippen MR) is 118 cm³/mol. The van der Waals surface area contributed by atoms with Crippen LogP contribution in [0.4, 0.5) is 0 Å². The molecule has 7 nitrogen and oxygen atoms in total. The normalized spacial score (nSPS) is 13.9. The maximum Gasteiger partial charge on any atom is 0.491 e. The van der Waals surface area contributed by atoms with Gasteiger partial charge in [0, 0.05) is 34.0 Å². The van der Waals surface area contributed by atoms with Gasteiger partial charge in [-0.25, -0.2) is 0 Å². The Morgan fingerprint density at radius 2 is 1.22 bits per heavy atom. The van der Waals surface area contributed by atoms with Crippen LogP contribution in [0.5, 0.6) is 0 Å². The van der Waals surface area contributed by atoms with Crippen LogP contribution in [-0.4, -0.2) is 69.0 Å². The van der Waals surface area contributed by atoms with E-state index in [0.29, 0.717) is 19.3 Å². The molecule has 0 saturated heterocycles. The van der Waals surface area contributed by atoms with E-state index in [9.17, 15) is 0 Å². The van der Waals surface area contributed by atoms with Crippen LogP contribution in [0.25, 0.3) is 0 Å². The van der Waals surface area contributed by atoms with Gasteiger partial charge in [0.25, 0.3) is 0 Å². The zero-order valence-electron chi connectivity index (χ0n) is 18.9. The summed E-state index contributed by atoms with van der Waals surface area (Å²) in [7, 11) is -5.07. The first-order valence-electron chi connectivity index (χ1n) is 9.20. The molecule has 0 spiro atoms. The van der Waals surface area contributed by atoms with E-state index in [-0.39, 0.29) is 0 Å². The van der Waals surface area contributed by atoms with Gasteiger partial charge in [0.05, 0.1) is 6.61 Å². The predicted octanol–water partition coefficient (Wildman–Crippen LogP) is 4.00. The molecule has 0 atom stereocenters. The lowest BCUT2D eigenvalue weighted by Crippen LogP contribution is -2.59. The second kappa shape index (κ2) is 11.5. The molecule has 0 fully saturated rings. The van der Waals surface area contributed by atoms with Crippen molar-refractivity contribution < 1.29 is 30.4 Å². The number of rotatable bonds is 15. The number of hydrogen-bond acceptors (Lipinski definition) is 7. The van der Waals surface area contributed by atoms with Crippen LogP contribution >= 0.6 is 0 Å². The molecule has 0 unspecified atom stereocenters. The first kappa shape index (κ1) is 27.3. The molecule has 0 amide bonds. The minimum absolute atomic E-state index is 0.565. The van der Waals surface area contributed by atoms with Gasteiger partial charge in [0.1, 0.15) is 0 Å². The molecule has 162 valence electrons. The van der Waals surface area contributed by atoms with Crippen LogP contribution in [0, 0.1) is 0 Å². The molecule has 0 radical (unpaired) electrons. The lowest BCUT2D eigenvalue weighted by atomic mass is 10.4. The van der Waals surface area contributed by atoms with E-state index in [0.717, 1.165) is 12.0 Å². The summed E-state index contributed by atoms with van der Waals surface area (Å²) in [6.45, 7) is 19.0. The summed E-state index contributed by atoms with van der Waals surface area (Å²) in [5.74, 6) is 0. The third-order valence-corrected chi connectivity index (χ3v) is 17.9. The van der Waals surface area contributed by atoms with E-state index in [4.69, 9.17) is 30.4 Å². The van der Waals surface area contributed by atoms with Crippen molar-refractivity contribution in [1.82, 2.24) is 0 Å². The van der Waals surface area contributed by atoms with Gasteiger partial charge in [-0.05, 0) is 52.6 Å². The molecule has 0 saturated carbocycles. The molecule has 27 heavy (non-hydrogen) atoms. The highest BCUT2D eigenvalue weighted by atomic mass is 28.5. The van der Waals surface area contributed by atoms with Gasteiger partial charge < -0.3 is 30.4 Å². The van der Waals surface area contributed by atoms with Crippen molar-refractivity contribution in [3.05, 3.63) is 12.2 Å². The van der Waals surface area contributed by atoms with Crippen LogP contribution in [-0.2, 0) is 30.4 Å². The van der Waals surface area contributed by atoms with E-state index in [2.05, 4.69) is 6.58 Å². The second-order valence-electron chi connectivity index (χ2n) is 7.91. The molecule has 0 bridgehead atoms. The molecule has 0 aromatic heterocycles. The molecule has 11 heteroatoms. The highest BCUT2D eigenvalue weighted by Gasteiger charge is 2.49. The Morgan fingerprint density at radius 1 is 0.741 bits per heavy atom. The zero-order chi connectivity index (χ0) is 21.4. The SMILES string of the molecule is C=C(C)COCCC[Si](OC)(OC)O[Si](C)(C)O[Si](C)(C)O[Si](C)(C)OC. The molecule has 0 heterocycles. The fourth-order valence-electron chi connectivity index (χ4n) is 2.70. The Kier molecular flexibility index (Phi) is 11.6. The highest BCUT2D eigenvalue weighted by molar-refractivity contribution is 6.87. The Hall–Kier alpha value is 0.328. The van der Waals surface area contributed by atoms with Crippen molar-refractivity contribution in [2.75, 3.05) is 34.5 Å². The lowest BCUT2D eigenvalue weighted by Gasteiger charge is -2.40. The summed E-state index contributed by atoms with van der Waals surface area (Å²) < 4.78 is 41.5. The van der Waals surface area contributed by atoms with Gasteiger partial charge >= 0.3 is 34.5 Å². The van der Waals surface area contributed by atoms with E-state index in [1.807, 2.05) is 46.2 Å². The average molecular weight is 457 g/mol. The monoisotopic (exact) mass is 456 g/mol. The number of hydrogen-bond donors (Lipinski definition) is 0. The van der Waals surface area contributed by atoms with Gasteiger partial charge in [-0.15, -0.1) is 0 Å². The molecule has 0 aliphatic rings. The topological polar surface area (TPSA) is 64.6 Å². The minimum atomic E-state index is -2.84. The van der Waals surface area contributed by atoms with Crippen LogP contribution in [0.1, 0.15) is 13.3 Å². The fourth-order valence-corrected chi connectivity index (χ4v) is 18.8. The standard InChI is InChI=1S/C16H40O7Si4/c1-16(2)15-20-13-12-14-27(18-4,19-5)23-26(10,11)22-25(8,9)21-24(6,7)17-3/h1,12-15H2,2-11H3. The molecule has 0 rings (SSSR count). The summed E-state index contributed by atoms with van der Waals surface area (Å²) in [6.07, 6.45) is 0.784. The molecule has 0 aromatic carbocycles. The van der Waals surface area contributed by atoms with Crippen LogP contribution in [0.3, 0.4) is 0 Å². The summed E-state index contributed by atoms with van der Waals surface area (Å²) in [6, 6.07) is 0.664. The third kappa shape index (κ3) is 11.8. The first-order valence-corrected chi connectivity index (χ1v) is 19.6. The first-order chi connectivity index (χ1) is 12.2. The van der Waals surface area contributed by atoms with Gasteiger partial charge in [0.15, 0.2) is 0 Å². The Morgan fingerprint density at radius 3 is 1.67 bits per heavy atom. The van der Waals surface area contributed by atoms with Crippen molar-refractivity contribution in [3.63, 3.8) is 0 Å². The molecule has 0 aliphatic heterocycles. The fraction of sp³-hybridized carbons (Fsp3) is 0.875. The maximum absolute atomic E-state index is 6.40. The quantitative estimate of drug-likeness (QED) is 0.210. The summed E-state index contributed by atoms with van der Waals surface area (Å²) in [5.41, 5.74) is 1.00. The van der Waals surface area contributed by atoms with Gasteiger partial charge in [-0.3, -0.25) is 0 Å². The van der Waals surface area contributed by atoms with E-state index in [1.165, 1.54) is 0 Å². The van der Waals surface area contributed by atoms with Gasteiger partial charge in [-0.2, -0.15) is 0 Å². The van der Waals surface area contributed by atoms with Crippen molar-refractivity contribution in [2.45, 2.75) is 58.7 Å². The van der Waals surface area contributed by atoms with Crippen molar-refractivity contribution >= 4 is 34.5 Å². The minimum Gasteiger partial charge on any atom is -0.416 e. The van der Waals surface area contributed by atoms with Crippen LogP contribution < -0.4 is 0 Å². The summed E-state index contributed by atoms with van der Waals surface area (Å²) in [5, 5.41) is 0. The van der Waals surface area contributed by atoms with Gasteiger partial charge in [0.2, 0.25) is 0 Å². The highest BCUT2D eigenvalue weighted by Crippen LogP contribution is 2.27. The molecule has 0 N–H and O–H groups in total. The van der Waals surface area contributed by atoms with Gasteiger partial charge in [-0.1, -0.05) is 12.2 Å². The van der Waals surface area contributed by atoms with Crippen molar-refractivity contribution in [3.8, 4) is 0 Å². The smallest absolute Gasteiger partial charge is 0.416 e. The maximum atomic E-state index is 6.40. The molecule has 0 aliphatic carbocycles. The lowest BCUT2D eigenvalue weighted by molar-refractivity contribution is 0.127. The molecular formula is C16H40O7Si4. The Labute approximate surface area is 170 Å². The summed E-state index contributed by atoms with van der Waals surface area (Å²) >= 11 is 0. The Bertz CT molecular complexity index is 454. The zero-order valence-corrected chi connectivity index (χ0v) is 22.9. The summed E-state index contributed by atoms with van der Waals surface area (Å²) in [4.78, 5) is 0. The van der Waals surface area contributed by atoms with Crippen LogP contribution in [0.15, 0.2) is 12.2 Å². The van der Waals surface area contributed by atoms with E-state index < -0.39 is 34.5 Å². The van der Waals surface area contributed by atoms with Crippen molar-refractivity contribution in [2.24, 2.45) is 0 Å².